The number of benzene rings is 2. The second-order valence-corrected chi connectivity index (χ2v) is 6.90. The van der Waals surface area contributed by atoms with Gasteiger partial charge in [0.1, 0.15) is 11.5 Å². The van der Waals surface area contributed by atoms with Gasteiger partial charge < -0.3 is 9.52 Å². The van der Waals surface area contributed by atoms with Crippen molar-refractivity contribution in [2.24, 2.45) is 0 Å². The van der Waals surface area contributed by atoms with Crippen molar-refractivity contribution in [1.82, 2.24) is 9.78 Å². The first-order valence-electron chi connectivity index (χ1n) is 9.51. The minimum Gasteiger partial charge on any atom is -0.478 e. The second kappa shape index (κ2) is 7.75. The van der Waals surface area contributed by atoms with Crippen LogP contribution in [0.15, 0.2) is 69.9 Å². The lowest BCUT2D eigenvalue weighted by atomic mass is 10.1. The Labute approximate surface area is 172 Å². The van der Waals surface area contributed by atoms with Crippen LogP contribution in [0.1, 0.15) is 28.6 Å². The number of carbonyl (C=O) groups is 1. The zero-order chi connectivity index (χ0) is 21.3. The molecule has 0 spiro atoms. The van der Waals surface area contributed by atoms with Gasteiger partial charge in [-0.05, 0) is 54.5 Å². The highest BCUT2D eigenvalue weighted by Gasteiger charge is 2.09. The Morgan fingerprint density at radius 2 is 1.93 bits per heavy atom. The molecule has 4 aromatic rings. The number of hydrogen-bond donors (Lipinski definition) is 2. The number of aromatic nitrogens is 2. The Hall–Kier alpha value is -4.06. The van der Waals surface area contributed by atoms with Crippen molar-refractivity contribution in [1.29, 1.82) is 0 Å². The van der Waals surface area contributed by atoms with E-state index in [9.17, 15) is 9.59 Å². The lowest BCUT2D eigenvalue weighted by Gasteiger charge is -2.02. The molecule has 0 unspecified atom stereocenters. The van der Waals surface area contributed by atoms with Gasteiger partial charge in [0, 0.05) is 5.56 Å². The molecule has 0 amide bonds. The van der Waals surface area contributed by atoms with Crippen molar-refractivity contribution in [3.05, 3.63) is 98.5 Å². The van der Waals surface area contributed by atoms with Crippen LogP contribution in [0.5, 0.6) is 0 Å². The number of aryl methyl sites for hydroxylation is 1. The van der Waals surface area contributed by atoms with E-state index in [1.54, 1.807) is 36.4 Å². The quantitative estimate of drug-likeness (QED) is 0.539. The molecule has 0 aliphatic carbocycles. The zero-order valence-corrected chi connectivity index (χ0v) is 16.4. The predicted molar refractivity (Wildman–Crippen MR) is 115 cm³/mol. The van der Waals surface area contributed by atoms with Gasteiger partial charge in [-0.3, -0.25) is 9.89 Å². The molecule has 0 aliphatic heterocycles. The van der Waals surface area contributed by atoms with Gasteiger partial charge in [-0.1, -0.05) is 37.8 Å². The summed E-state index contributed by atoms with van der Waals surface area (Å²) in [4.78, 5) is 24.1. The average Bonchev–Trinajstić information content (AvgIpc) is 3.34. The first-order valence-corrected chi connectivity index (χ1v) is 9.51. The maximum Gasteiger partial charge on any atom is 0.335 e. The summed E-state index contributed by atoms with van der Waals surface area (Å²) in [6.45, 7) is 6.01. The summed E-state index contributed by atoms with van der Waals surface area (Å²) in [6.07, 6.45) is 2.55. The standard InChI is InChI=1S/C24H20N2O4/c1-3-16-7-9-19(10-8-16)26-23(27)21(15(2)25-26)14-20-11-12-22(30-20)17-5-4-6-18(13-17)24(28)29/h4-14,25H,2-3H2,1H3,(H,28,29)/b21-14+. The number of aromatic amines is 1. The van der Waals surface area contributed by atoms with E-state index in [0.717, 1.165) is 12.1 Å². The molecule has 2 heterocycles. The Kier molecular flexibility index (Phi) is 4.98. The van der Waals surface area contributed by atoms with Crippen molar-refractivity contribution in [3.63, 3.8) is 0 Å². The third kappa shape index (κ3) is 3.63. The van der Waals surface area contributed by atoms with Crippen LogP contribution in [-0.2, 0) is 6.42 Å². The van der Waals surface area contributed by atoms with Crippen molar-refractivity contribution < 1.29 is 14.3 Å². The molecule has 0 bridgehead atoms. The first-order chi connectivity index (χ1) is 14.5. The molecule has 2 aromatic carbocycles. The number of hydrogen-bond acceptors (Lipinski definition) is 3. The smallest absolute Gasteiger partial charge is 0.335 e. The fraction of sp³-hybridized carbons (Fsp3) is 0.0833. The number of aromatic carboxylic acids is 1. The number of furan rings is 1. The van der Waals surface area contributed by atoms with Crippen molar-refractivity contribution >= 4 is 18.6 Å². The maximum absolute atomic E-state index is 12.9. The molecule has 2 N–H and O–H groups in total. The van der Waals surface area contributed by atoms with Crippen LogP contribution in [0.3, 0.4) is 0 Å². The van der Waals surface area contributed by atoms with Gasteiger partial charge in [0.05, 0.1) is 21.8 Å². The van der Waals surface area contributed by atoms with E-state index < -0.39 is 5.97 Å². The van der Waals surface area contributed by atoms with E-state index in [4.69, 9.17) is 9.52 Å². The molecule has 0 aliphatic rings. The SMILES string of the molecule is C=c1[nH]n(-c2ccc(CC)cc2)c(=O)/c1=C/c1ccc(-c2cccc(C(=O)O)c2)o1. The van der Waals surface area contributed by atoms with Gasteiger partial charge >= 0.3 is 5.97 Å². The van der Waals surface area contributed by atoms with Gasteiger partial charge in [0.15, 0.2) is 0 Å². The Bertz CT molecular complexity index is 1390. The fourth-order valence-corrected chi connectivity index (χ4v) is 3.24. The third-order valence-corrected chi connectivity index (χ3v) is 4.92. The van der Waals surface area contributed by atoms with Gasteiger partial charge in [-0.15, -0.1) is 0 Å². The first kappa shape index (κ1) is 19.3. The number of nitrogens with zero attached hydrogens (tertiary/aromatic N) is 1. The van der Waals surface area contributed by atoms with Gasteiger partial charge in [0.25, 0.3) is 5.56 Å². The van der Waals surface area contributed by atoms with E-state index in [2.05, 4.69) is 18.6 Å². The molecule has 0 radical (unpaired) electrons. The van der Waals surface area contributed by atoms with Crippen LogP contribution in [0.25, 0.3) is 29.7 Å². The summed E-state index contributed by atoms with van der Waals surface area (Å²) in [5.74, 6) is -0.0158. The van der Waals surface area contributed by atoms with E-state index in [0.29, 0.717) is 27.7 Å². The summed E-state index contributed by atoms with van der Waals surface area (Å²) < 4.78 is 7.28. The summed E-state index contributed by atoms with van der Waals surface area (Å²) in [7, 11) is 0. The number of rotatable bonds is 5. The zero-order valence-electron chi connectivity index (χ0n) is 16.4. The van der Waals surface area contributed by atoms with Crippen LogP contribution < -0.4 is 16.1 Å². The van der Waals surface area contributed by atoms with Crippen molar-refractivity contribution in [2.75, 3.05) is 0 Å². The minimum absolute atomic E-state index is 0.178. The highest BCUT2D eigenvalue weighted by molar-refractivity contribution is 5.89. The maximum atomic E-state index is 12.9. The highest BCUT2D eigenvalue weighted by atomic mass is 16.4. The Morgan fingerprint density at radius 3 is 2.63 bits per heavy atom. The molecule has 6 nitrogen and oxygen atoms in total. The molecule has 30 heavy (non-hydrogen) atoms. The minimum atomic E-state index is -1.00. The number of nitrogens with one attached hydrogen (secondary N) is 1. The van der Waals surface area contributed by atoms with Crippen LogP contribution in [0.2, 0.25) is 0 Å². The second-order valence-electron chi connectivity index (χ2n) is 6.90. The molecule has 6 heteroatoms. The van der Waals surface area contributed by atoms with Crippen molar-refractivity contribution in [3.8, 4) is 17.0 Å². The van der Waals surface area contributed by atoms with E-state index in [1.807, 2.05) is 24.3 Å². The summed E-state index contributed by atoms with van der Waals surface area (Å²) >= 11 is 0. The molecule has 2 aromatic heterocycles. The van der Waals surface area contributed by atoms with Crippen LogP contribution in [0, 0.1) is 0 Å². The van der Waals surface area contributed by atoms with Gasteiger partial charge in [0.2, 0.25) is 0 Å². The largest absolute Gasteiger partial charge is 0.478 e. The molecule has 0 saturated heterocycles. The number of carboxylic acids is 1. The summed E-state index contributed by atoms with van der Waals surface area (Å²) in [5, 5.41) is 13.0. The molecule has 0 saturated carbocycles. The summed E-state index contributed by atoms with van der Waals surface area (Å²) in [5.41, 5.74) is 2.52. The fourth-order valence-electron chi connectivity index (χ4n) is 3.24. The average molecular weight is 400 g/mol. The van der Waals surface area contributed by atoms with Crippen LogP contribution in [-0.4, -0.2) is 20.9 Å². The molecule has 0 atom stereocenters. The number of H-pyrrole nitrogens is 1. The Balaban J connectivity index is 1.72. The Morgan fingerprint density at radius 1 is 1.17 bits per heavy atom. The molecular formula is C24H20N2O4. The normalized spacial score (nSPS) is 11.7. The lowest BCUT2D eigenvalue weighted by molar-refractivity contribution is 0.0697. The van der Waals surface area contributed by atoms with Gasteiger partial charge in [-0.2, -0.15) is 0 Å². The van der Waals surface area contributed by atoms with E-state index >= 15 is 0 Å². The predicted octanol–water partition coefficient (Wildman–Crippen LogP) is 2.93. The monoisotopic (exact) mass is 400 g/mol. The molecule has 150 valence electrons. The van der Waals surface area contributed by atoms with E-state index in [1.165, 1.54) is 16.3 Å². The lowest BCUT2D eigenvalue weighted by Crippen LogP contribution is -2.33. The third-order valence-electron chi connectivity index (χ3n) is 4.92. The molecule has 4 rings (SSSR count). The summed E-state index contributed by atoms with van der Waals surface area (Å²) in [6, 6.07) is 17.7. The number of carboxylic acid groups (broad SMARTS) is 1. The van der Waals surface area contributed by atoms with Crippen LogP contribution in [0.4, 0.5) is 0 Å². The van der Waals surface area contributed by atoms with E-state index in [-0.39, 0.29) is 11.1 Å². The van der Waals surface area contributed by atoms with Crippen LogP contribution >= 0.6 is 0 Å². The molecule has 0 fully saturated rings. The van der Waals surface area contributed by atoms with Crippen molar-refractivity contribution in [2.45, 2.75) is 13.3 Å². The molecular weight excluding hydrogens is 380 g/mol. The topological polar surface area (TPSA) is 88.2 Å². The highest BCUT2D eigenvalue weighted by Crippen LogP contribution is 2.23. The van der Waals surface area contributed by atoms with Gasteiger partial charge in [-0.25, -0.2) is 9.48 Å².